The van der Waals surface area contributed by atoms with Gasteiger partial charge in [-0.15, -0.1) is 0 Å². The molecule has 8 heteroatoms. The number of benzene rings is 1. The second-order valence-electron chi connectivity index (χ2n) is 5.02. The normalized spacial score (nSPS) is 10.8. The summed E-state index contributed by atoms with van der Waals surface area (Å²) in [6, 6.07) is 1.60. The zero-order valence-electron chi connectivity index (χ0n) is 13.9. The van der Waals surface area contributed by atoms with E-state index in [0.29, 0.717) is 40.4 Å². The largest absolute Gasteiger partial charge is 0.493 e. The Balaban J connectivity index is 2.31. The lowest BCUT2D eigenvalue weighted by atomic mass is 10.2. The maximum atomic E-state index is 12.9. The molecule has 2 aromatic heterocycles. The average Bonchev–Trinajstić information content (AvgIpc) is 3.09. The maximum Gasteiger partial charge on any atom is 0.266 e. The molecule has 24 heavy (non-hydrogen) atoms. The number of aryl methyl sites for hydroxylation is 1. The molecule has 0 spiro atoms. The molecule has 0 aliphatic rings. The lowest BCUT2D eigenvalue weighted by molar-refractivity contribution is 0.326. The summed E-state index contributed by atoms with van der Waals surface area (Å²) in [5.41, 5.74) is 0.819. The lowest BCUT2D eigenvalue weighted by Gasteiger charge is -2.14. The van der Waals surface area contributed by atoms with Crippen LogP contribution in [0, 0.1) is 0 Å². The zero-order valence-corrected chi connectivity index (χ0v) is 13.9. The van der Waals surface area contributed by atoms with E-state index < -0.39 is 0 Å². The van der Waals surface area contributed by atoms with Crippen LogP contribution >= 0.6 is 0 Å². The Bertz CT molecular complexity index is 945. The highest BCUT2D eigenvalue weighted by Crippen LogP contribution is 2.41. The molecule has 0 unspecified atom stereocenters. The number of hydrogen-bond donors (Lipinski definition) is 0. The molecule has 2 heterocycles. The summed E-state index contributed by atoms with van der Waals surface area (Å²) >= 11 is 0. The van der Waals surface area contributed by atoms with Crippen molar-refractivity contribution in [1.29, 1.82) is 0 Å². The van der Waals surface area contributed by atoms with Gasteiger partial charge in [0.2, 0.25) is 5.75 Å². The zero-order chi connectivity index (χ0) is 17.3. The number of rotatable bonds is 5. The molecule has 0 saturated carbocycles. The smallest absolute Gasteiger partial charge is 0.266 e. The molecule has 0 bridgehead atoms. The summed E-state index contributed by atoms with van der Waals surface area (Å²) in [5, 5.41) is 4.56. The molecule has 0 fully saturated rings. The molecular weight excluding hydrogens is 312 g/mol. The first-order chi connectivity index (χ1) is 11.6. The van der Waals surface area contributed by atoms with E-state index in [-0.39, 0.29) is 5.56 Å². The maximum absolute atomic E-state index is 12.9. The summed E-state index contributed by atoms with van der Waals surface area (Å²) in [6.45, 7) is 2.69. The minimum absolute atomic E-state index is 0.241. The fourth-order valence-electron chi connectivity index (χ4n) is 2.56. The van der Waals surface area contributed by atoms with Gasteiger partial charge < -0.3 is 14.2 Å². The van der Waals surface area contributed by atoms with E-state index in [1.165, 1.54) is 32.2 Å². The van der Waals surface area contributed by atoms with Gasteiger partial charge in [0.15, 0.2) is 11.5 Å². The van der Waals surface area contributed by atoms with Gasteiger partial charge >= 0.3 is 0 Å². The van der Waals surface area contributed by atoms with Crippen LogP contribution in [0.25, 0.3) is 16.6 Å². The van der Waals surface area contributed by atoms with Crippen molar-refractivity contribution in [2.45, 2.75) is 13.5 Å². The molecule has 126 valence electrons. The van der Waals surface area contributed by atoms with E-state index in [4.69, 9.17) is 14.2 Å². The molecule has 0 aliphatic heterocycles. The van der Waals surface area contributed by atoms with Gasteiger partial charge in [0, 0.05) is 12.7 Å². The monoisotopic (exact) mass is 330 g/mol. The van der Waals surface area contributed by atoms with Crippen molar-refractivity contribution < 1.29 is 14.2 Å². The average molecular weight is 330 g/mol. The van der Waals surface area contributed by atoms with Crippen molar-refractivity contribution in [2.75, 3.05) is 21.3 Å². The SMILES string of the molecule is CCn1cc(-n2cnc3c(OC)c(OC)c(OC)cc3c2=O)cn1. The predicted molar refractivity (Wildman–Crippen MR) is 88.5 cm³/mol. The van der Waals surface area contributed by atoms with Gasteiger partial charge in [0.25, 0.3) is 5.56 Å². The highest BCUT2D eigenvalue weighted by Gasteiger charge is 2.20. The van der Waals surface area contributed by atoms with Crippen molar-refractivity contribution in [2.24, 2.45) is 0 Å². The Morgan fingerprint density at radius 3 is 2.46 bits per heavy atom. The van der Waals surface area contributed by atoms with E-state index in [9.17, 15) is 4.79 Å². The van der Waals surface area contributed by atoms with Gasteiger partial charge in [0.05, 0.1) is 38.6 Å². The third kappa shape index (κ3) is 2.36. The molecule has 8 nitrogen and oxygen atoms in total. The first kappa shape index (κ1) is 15.9. The number of fused-ring (bicyclic) bond motifs is 1. The first-order valence-corrected chi connectivity index (χ1v) is 7.37. The minimum atomic E-state index is -0.241. The Morgan fingerprint density at radius 2 is 1.88 bits per heavy atom. The Morgan fingerprint density at radius 1 is 1.12 bits per heavy atom. The minimum Gasteiger partial charge on any atom is -0.493 e. The fraction of sp³-hybridized carbons (Fsp3) is 0.312. The molecule has 0 amide bonds. The van der Waals surface area contributed by atoms with Crippen LogP contribution in [-0.2, 0) is 6.54 Å². The number of nitrogens with zero attached hydrogens (tertiary/aromatic N) is 4. The Labute approximate surface area is 138 Å². The fourth-order valence-corrected chi connectivity index (χ4v) is 2.56. The lowest BCUT2D eigenvalue weighted by Crippen LogP contribution is -2.19. The van der Waals surface area contributed by atoms with Crippen LogP contribution in [0.2, 0.25) is 0 Å². The quantitative estimate of drug-likeness (QED) is 0.707. The van der Waals surface area contributed by atoms with E-state index in [1.54, 1.807) is 23.1 Å². The van der Waals surface area contributed by atoms with E-state index in [1.807, 2.05) is 6.92 Å². The van der Waals surface area contributed by atoms with Gasteiger partial charge in [-0.25, -0.2) is 4.98 Å². The van der Waals surface area contributed by atoms with Crippen LogP contribution in [0.3, 0.4) is 0 Å². The van der Waals surface area contributed by atoms with Gasteiger partial charge in [-0.05, 0) is 13.0 Å². The highest BCUT2D eigenvalue weighted by molar-refractivity contribution is 5.89. The van der Waals surface area contributed by atoms with Gasteiger partial charge in [-0.1, -0.05) is 0 Å². The van der Waals surface area contributed by atoms with Gasteiger partial charge in [0.1, 0.15) is 11.8 Å². The van der Waals surface area contributed by atoms with Crippen LogP contribution in [0.5, 0.6) is 17.2 Å². The van der Waals surface area contributed by atoms with Crippen molar-refractivity contribution in [3.63, 3.8) is 0 Å². The predicted octanol–water partition coefficient (Wildman–Crippen LogP) is 1.63. The molecular formula is C16H18N4O4. The number of methoxy groups -OCH3 is 3. The van der Waals surface area contributed by atoms with E-state index >= 15 is 0 Å². The third-order valence-electron chi connectivity index (χ3n) is 3.78. The number of hydrogen-bond acceptors (Lipinski definition) is 6. The van der Waals surface area contributed by atoms with Crippen molar-refractivity contribution in [3.8, 4) is 22.9 Å². The van der Waals surface area contributed by atoms with Crippen LogP contribution in [-0.4, -0.2) is 40.7 Å². The van der Waals surface area contributed by atoms with E-state index in [0.717, 1.165) is 0 Å². The van der Waals surface area contributed by atoms with Crippen LogP contribution in [0.1, 0.15) is 6.92 Å². The van der Waals surface area contributed by atoms with E-state index in [2.05, 4.69) is 10.1 Å². The van der Waals surface area contributed by atoms with Crippen LogP contribution in [0.4, 0.5) is 0 Å². The summed E-state index contributed by atoms with van der Waals surface area (Å²) in [5.74, 6) is 1.17. The van der Waals surface area contributed by atoms with Crippen LogP contribution in [0.15, 0.2) is 29.6 Å². The molecule has 0 N–H and O–H groups in total. The van der Waals surface area contributed by atoms with Crippen molar-refractivity contribution in [1.82, 2.24) is 19.3 Å². The molecule has 3 aromatic rings. The second-order valence-corrected chi connectivity index (χ2v) is 5.02. The second kappa shape index (κ2) is 6.23. The molecule has 0 atom stereocenters. The van der Waals surface area contributed by atoms with Gasteiger partial charge in [-0.2, -0.15) is 5.10 Å². The third-order valence-corrected chi connectivity index (χ3v) is 3.78. The number of aromatic nitrogens is 4. The summed E-state index contributed by atoms with van der Waals surface area (Å²) in [7, 11) is 4.51. The Kier molecular flexibility index (Phi) is 4.11. The molecule has 0 radical (unpaired) electrons. The standard InChI is InChI=1S/C16H18N4O4/c1-5-19-8-10(7-18-19)20-9-17-13-11(16(20)21)6-12(22-2)14(23-3)15(13)24-4/h6-9H,5H2,1-4H3. The highest BCUT2D eigenvalue weighted by atomic mass is 16.5. The summed E-state index contributed by atoms with van der Waals surface area (Å²) in [4.78, 5) is 17.3. The van der Waals surface area contributed by atoms with Crippen molar-refractivity contribution in [3.05, 3.63) is 35.1 Å². The Hall–Kier alpha value is -3.03. The van der Waals surface area contributed by atoms with Gasteiger partial charge in [-0.3, -0.25) is 14.0 Å². The molecule has 0 saturated heterocycles. The number of ether oxygens (including phenoxy) is 3. The van der Waals surface area contributed by atoms with Crippen molar-refractivity contribution >= 4 is 10.9 Å². The molecule has 1 aromatic carbocycles. The molecule has 3 rings (SSSR count). The molecule has 0 aliphatic carbocycles. The summed E-state index contributed by atoms with van der Waals surface area (Å²) < 4.78 is 19.2. The topological polar surface area (TPSA) is 80.4 Å². The summed E-state index contributed by atoms with van der Waals surface area (Å²) in [6.07, 6.45) is 4.86. The first-order valence-electron chi connectivity index (χ1n) is 7.37. The van der Waals surface area contributed by atoms with Crippen LogP contribution < -0.4 is 19.8 Å².